The summed E-state index contributed by atoms with van der Waals surface area (Å²) in [7, 11) is 0. The molecule has 0 aliphatic heterocycles. The van der Waals surface area contributed by atoms with Crippen LogP contribution in [0, 0.1) is 17.7 Å². The lowest BCUT2D eigenvalue weighted by molar-refractivity contribution is -0.122. The summed E-state index contributed by atoms with van der Waals surface area (Å²) < 4.78 is 13.2. The number of carbonyl (C=O) groups excluding carboxylic acids is 3. The zero-order chi connectivity index (χ0) is 20.1. The number of carbonyl (C=O) groups is 3. The van der Waals surface area contributed by atoms with E-state index in [1.807, 2.05) is 6.92 Å². The summed E-state index contributed by atoms with van der Waals surface area (Å²) in [5, 5.41) is 8.07. The molecule has 2 aromatic rings. The molecule has 0 saturated heterocycles. The summed E-state index contributed by atoms with van der Waals surface area (Å²) in [5.74, 6) is -0.607. The van der Waals surface area contributed by atoms with Crippen LogP contribution in [0.2, 0.25) is 0 Å². The Labute approximate surface area is 162 Å². The van der Waals surface area contributed by atoms with E-state index in [4.69, 9.17) is 0 Å². The second-order valence-corrected chi connectivity index (χ2v) is 6.95. The number of hydrogen-bond acceptors (Lipinski definition) is 3. The highest BCUT2D eigenvalue weighted by Crippen LogP contribution is 2.37. The van der Waals surface area contributed by atoms with Gasteiger partial charge in [-0.05, 0) is 48.7 Å². The van der Waals surface area contributed by atoms with Crippen molar-refractivity contribution in [3.63, 3.8) is 0 Å². The third kappa shape index (κ3) is 5.39. The van der Waals surface area contributed by atoms with Crippen molar-refractivity contribution in [2.24, 2.45) is 11.8 Å². The van der Waals surface area contributed by atoms with E-state index in [-0.39, 0.29) is 30.7 Å². The smallest absolute Gasteiger partial charge is 0.255 e. The second kappa shape index (κ2) is 8.65. The molecule has 3 N–H and O–H groups in total. The highest BCUT2D eigenvalue weighted by molar-refractivity contribution is 6.05. The largest absolute Gasteiger partial charge is 0.355 e. The molecule has 7 heteroatoms. The van der Waals surface area contributed by atoms with Gasteiger partial charge < -0.3 is 16.0 Å². The first-order valence-electron chi connectivity index (χ1n) is 9.17. The van der Waals surface area contributed by atoms with Crippen LogP contribution in [0.4, 0.5) is 15.8 Å². The fraction of sp³-hybridized carbons (Fsp3) is 0.286. The van der Waals surface area contributed by atoms with Crippen molar-refractivity contribution in [1.82, 2.24) is 5.32 Å². The highest BCUT2D eigenvalue weighted by Gasteiger charge is 2.38. The molecule has 0 bridgehead atoms. The van der Waals surface area contributed by atoms with Crippen molar-refractivity contribution >= 4 is 29.1 Å². The number of rotatable bonds is 7. The van der Waals surface area contributed by atoms with Crippen LogP contribution in [0.3, 0.4) is 0 Å². The molecule has 28 heavy (non-hydrogen) atoms. The van der Waals surface area contributed by atoms with Gasteiger partial charge in [0.15, 0.2) is 0 Å². The second-order valence-electron chi connectivity index (χ2n) is 6.95. The van der Waals surface area contributed by atoms with Gasteiger partial charge in [0.05, 0.1) is 0 Å². The molecule has 0 unspecified atom stereocenters. The fourth-order valence-electron chi connectivity index (χ4n) is 2.85. The van der Waals surface area contributed by atoms with Crippen molar-refractivity contribution in [3.05, 3.63) is 59.9 Å². The summed E-state index contributed by atoms with van der Waals surface area (Å²) in [6, 6.07) is 12.1. The van der Waals surface area contributed by atoms with Crippen LogP contribution in [0.5, 0.6) is 0 Å². The maximum Gasteiger partial charge on any atom is 0.255 e. The quantitative estimate of drug-likeness (QED) is 0.686. The van der Waals surface area contributed by atoms with Crippen LogP contribution in [-0.2, 0) is 9.59 Å². The van der Waals surface area contributed by atoms with Gasteiger partial charge in [-0.1, -0.05) is 19.1 Å². The lowest BCUT2D eigenvalue weighted by Gasteiger charge is -2.09. The third-order valence-corrected chi connectivity index (χ3v) is 4.59. The molecule has 3 amide bonds. The van der Waals surface area contributed by atoms with Crippen LogP contribution < -0.4 is 16.0 Å². The van der Waals surface area contributed by atoms with Crippen LogP contribution >= 0.6 is 0 Å². The van der Waals surface area contributed by atoms with Gasteiger partial charge in [-0.3, -0.25) is 14.4 Å². The molecular formula is C21H22FN3O3. The monoisotopic (exact) mass is 383 g/mol. The summed E-state index contributed by atoms with van der Waals surface area (Å²) in [5.41, 5.74) is 1.15. The summed E-state index contributed by atoms with van der Waals surface area (Å²) in [6.45, 7) is 2.29. The highest BCUT2D eigenvalue weighted by atomic mass is 19.1. The number of benzene rings is 2. The average molecular weight is 383 g/mol. The number of amides is 3. The standard InChI is InChI=1S/C21H22FN3O3/c1-13-10-18(13)21(28)23-9-8-19(26)24-16-6-2-4-14(11-16)20(27)25-17-7-3-5-15(22)12-17/h2-7,11-13,18H,8-10H2,1H3,(H,23,28)(H,24,26)(H,25,27)/t13-,18-/m0/s1. The number of hydrogen-bond donors (Lipinski definition) is 3. The lowest BCUT2D eigenvalue weighted by atomic mass is 10.1. The fourth-order valence-corrected chi connectivity index (χ4v) is 2.85. The molecule has 1 saturated carbocycles. The van der Waals surface area contributed by atoms with E-state index < -0.39 is 11.7 Å². The Morgan fingerprint density at radius 1 is 1.04 bits per heavy atom. The Kier molecular flexibility index (Phi) is 6.03. The topological polar surface area (TPSA) is 87.3 Å². The zero-order valence-corrected chi connectivity index (χ0v) is 15.5. The van der Waals surface area contributed by atoms with E-state index in [0.29, 0.717) is 22.9 Å². The molecular weight excluding hydrogens is 361 g/mol. The average Bonchev–Trinajstić information content (AvgIpc) is 3.38. The van der Waals surface area contributed by atoms with E-state index in [9.17, 15) is 18.8 Å². The molecule has 3 rings (SSSR count). The number of nitrogens with one attached hydrogen (secondary N) is 3. The van der Waals surface area contributed by atoms with E-state index in [2.05, 4.69) is 16.0 Å². The molecule has 146 valence electrons. The zero-order valence-electron chi connectivity index (χ0n) is 15.5. The van der Waals surface area contributed by atoms with Gasteiger partial charge >= 0.3 is 0 Å². The molecule has 1 aliphatic carbocycles. The van der Waals surface area contributed by atoms with Gasteiger partial charge in [-0.15, -0.1) is 0 Å². The Morgan fingerprint density at radius 2 is 1.71 bits per heavy atom. The van der Waals surface area contributed by atoms with Crippen molar-refractivity contribution < 1.29 is 18.8 Å². The number of anilines is 2. The van der Waals surface area contributed by atoms with Gasteiger partial charge in [0.1, 0.15) is 5.82 Å². The van der Waals surface area contributed by atoms with Crippen LogP contribution in [0.1, 0.15) is 30.1 Å². The van der Waals surface area contributed by atoms with Crippen LogP contribution in [0.25, 0.3) is 0 Å². The van der Waals surface area contributed by atoms with Gasteiger partial charge in [0.25, 0.3) is 5.91 Å². The van der Waals surface area contributed by atoms with E-state index in [1.54, 1.807) is 24.3 Å². The first-order valence-corrected chi connectivity index (χ1v) is 9.17. The van der Waals surface area contributed by atoms with Gasteiger partial charge in [-0.25, -0.2) is 4.39 Å². The Hall–Kier alpha value is -3.22. The van der Waals surface area contributed by atoms with E-state index in [1.165, 1.54) is 24.3 Å². The summed E-state index contributed by atoms with van der Waals surface area (Å²) >= 11 is 0. The minimum atomic E-state index is -0.443. The van der Waals surface area contributed by atoms with Gasteiger partial charge in [0, 0.05) is 35.8 Å². The molecule has 2 aromatic carbocycles. The van der Waals surface area contributed by atoms with E-state index >= 15 is 0 Å². The normalized spacial score (nSPS) is 17.5. The lowest BCUT2D eigenvalue weighted by Crippen LogP contribution is -2.29. The van der Waals surface area contributed by atoms with Gasteiger partial charge in [0.2, 0.25) is 11.8 Å². The first kappa shape index (κ1) is 19.5. The molecule has 0 aromatic heterocycles. The van der Waals surface area contributed by atoms with Crippen LogP contribution in [0.15, 0.2) is 48.5 Å². The van der Waals surface area contributed by atoms with E-state index in [0.717, 1.165) is 6.42 Å². The van der Waals surface area contributed by atoms with Crippen molar-refractivity contribution in [3.8, 4) is 0 Å². The Morgan fingerprint density at radius 3 is 2.39 bits per heavy atom. The van der Waals surface area contributed by atoms with Crippen LogP contribution in [-0.4, -0.2) is 24.3 Å². The maximum absolute atomic E-state index is 13.2. The third-order valence-electron chi connectivity index (χ3n) is 4.59. The van der Waals surface area contributed by atoms with Gasteiger partial charge in [-0.2, -0.15) is 0 Å². The minimum absolute atomic E-state index is 0.00341. The van der Waals surface area contributed by atoms with Crippen molar-refractivity contribution in [1.29, 1.82) is 0 Å². The molecule has 1 aliphatic rings. The SMILES string of the molecule is C[C@H]1C[C@@H]1C(=O)NCCC(=O)Nc1cccc(C(=O)Nc2cccc(F)c2)c1. The molecule has 0 radical (unpaired) electrons. The Bertz CT molecular complexity index is 900. The molecule has 0 heterocycles. The Balaban J connectivity index is 1.50. The molecule has 6 nitrogen and oxygen atoms in total. The summed E-state index contributed by atoms with van der Waals surface area (Å²) in [4.78, 5) is 36.1. The molecule has 1 fully saturated rings. The summed E-state index contributed by atoms with van der Waals surface area (Å²) in [6.07, 6.45) is 1.05. The minimum Gasteiger partial charge on any atom is -0.355 e. The molecule has 0 spiro atoms. The maximum atomic E-state index is 13.2. The van der Waals surface area contributed by atoms with Crippen molar-refractivity contribution in [2.75, 3.05) is 17.2 Å². The number of halogens is 1. The first-order chi connectivity index (χ1) is 13.4. The predicted molar refractivity (Wildman–Crippen MR) is 104 cm³/mol. The predicted octanol–water partition coefficient (Wildman–Crippen LogP) is 3.18. The van der Waals surface area contributed by atoms with Crippen molar-refractivity contribution in [2.45, 2.75) is 19.8 Å². The molecule has 2 atom stereocenters.